The number of hydrogen-bond donors (Lipinski definition) is 0. The molecule has 0 bridgehead atoms. The minimum atomic E-state index is 0.582. The number of halogens is 2. The highest BCUT2D eigenvalue weighted by molar-refractivity contribution is 6.31. The monoisotopic (exact) mass is 366 g/mol. The van der Waals surface area contributed by atoms with Gasteiger partial charge < -0.3 is 4.57 Å². The van der Waals surface area contributed by atoms with Crippen molar-refractivity contribution in [1.82, 2.24) is 4.57 Å². The van der Waals surface area contributed by atoms with Crippen molar-refractivity contribution in [3.05, 3.63) is 87.2 Å². The first-order valence-electron chi connectivity index (χ1n) is 7.82. The molecule has 1 aromatic heterocycles. The molecule has 0 radical (unpaired) electrons. The summed E-state index contributed by atoms with van der Waals surface area (Å²) in [6.07, 6.45) is 1.90. The molecule has 0 unspecified atom stereocenters. The maximum Gasteiger partial charge on any atom is 0.0998 e. The van der Waals surface area contributed by atoms with Gasteiger partial charge in [-0.2, -0.15) is 5.26 Å². The van der Waals surface area contributed by atoms with Crippen LogP contribution >= 0.6 is 23.2 Å². The Kier molecular flexibility index (Phi) is 4.99. The molecule has 3 rings (SSSR count). The molecule has 124 valence electrons. The van der Waals surface area contributed by atoms with Gasteiger partial charge in [-0.05, 0) is 73.5 Å². The topological polar surface area (TPSA) is 28.7 Å². The third-order valence-electron chi connectivity index (χ3n) is 4.11. The molecule has 2 nitrogen and oxygen atoms in total. The van der Waals surface area contributed by atoms with Gasteiger partial charge in [-0.1, -0.05) is 35.3 Å². The van der Waals surface area contributed by atoms with Crippen molar-refractivity contribution in [2.45, 2.75) is 13.8 Å². The molecule has 0 aliphatic rings. The van der Waals surface area contributed by atoms with Crippen LogP contribution in [0.2, 0.25) is 10.0 Å². The Balaban J connectivity index is 2.08. The van der Waals surface area contributed by atoms with E-state index in [1.807, 2.05) is 56.3 Å². The van der Waals surface area contributed by atoms with Crippen LogP contribution in [-0.4, -0.2) is 4.57 Å². The number of aromatic nitrogens is 1. The van der Waals surface area contributed by atoms with Gasteiger partial charge in [0.2, 0.25) is 0 Å². The van der Waals surface area contributed by atoms with Crippen molar-refractivity contribution < 1.29 is 0 Å². The van der Waals surface area contributed by atoms with Crippen molar-refractivity contribution in [3.63, 3.8) is 0 Å². The number of aryl methyl sites for hydroxylation is 1. The summed E-state index contributed by atoms with van der Waals surface area (Å²) in [7, 11) is 0. The number of allylic oxidation sites excluding steroid dienone is 1. The third-order valence-corrected chi connectivity index (χ3v) is 4.60. The molecule has 0 N–H and O–H groups in total. The zero-order valence-corrected chi connectivity index (χ0v) is 15.4. The second kappa shape index (κ2) is 7.19. The van der Waals surface area contributed by atoms with Gasteiger partial charge in [0, 0.05) is 27.1 Å². The first kappa shape index (κ1) is 17.4. The molecule has 25 heavy (non-hydrogen) atoms. The summed E-state index contributed by atoms with van der Waals surface area (Å²) in [4.78, 5) is 0. The fourth-order valence-electron chi connectivity index (χ4n) is 2.91. The van der Waals surface area contributed by atoms with Crippen molar-refractivity contribution in [3.8, 4) is 11.8 Å². The van der Waals surface area contributed by atoms with E-state index in [0.717, 1.165) is 28.2 Å². The van der Waals surface area contributed by atoms with Gasteiger partial charge in [0.1, 0.15) is 0 Å². The Morgan fingerprint density at radius 1 is 1.00 bits per heavy atom. The van der Waals surface area contributed by atoms with Gasteiger partial charge in [0.15, 0.2) is 0 Å². The summed E-state index contributed by atoms with van der Waals surface area (Å²) in [6.45, 7) is 4.09. The second-order valence-corrected chi connectivity index (χ2v) is 6.69. The molecule has 0 fully saturated rings. The lowest BCUT2D eigenvalue weighted by molar-refractivity contribution is 0.964. The molecule has 0 saturated carbocycles. The van der Waals surface area contributed by atoms with Crippen molar-refractivity contribution in [1.29, 1.82) is 5.26 Å². The summed E-state index contributed by atoms with van der Waals surface area (Å²) in [5, 5.41) is 10.9. The Bertz CT molecular complexity index is 990. The highest BCUT2D eigenvalue weighted by Crippen LogP contribution is 2.26. The number of nitriles is 1. The van der Waals surface area contributed by atoms with E-state index in [1.165, 1.54) is 0 Å². The van der Waals surface area contributed by atoms with E-state index < -0.39 is 0 Å². The van der Waals surface area contributed by atoms with Gasteiger partial charge in [-0.25, -0.2) is 0 Å². The maximum atomic E-state index is 9.56. The number of rotatable bonds is 3. The van der Waals surface area contributed by atoms with Gasteiger partial charge in [-0.3, -0.25) is 0 Å². The summed E-state index contributed by atoms with van der Waals surface area (Å²) in [6, 6.07) is 19.4. The van der Waals surface area contributed by atoms with Crippen LogP contribution in [0.1, 0.15) is 22.5 Å². The van der Waals surface area contributed by atoms with Gasteiger partial charge in [0.05, 0.1) is 11.6 Å². The Hall–Kier alpha value is -2.47. The zero-order chi connectivity index (χ0) is 18.0. The first-order valence-corrected chi connectivity index (χ1v) is 8.58. The largest absolute Gasteiger partial charge is 0.318 e. The van der Waals surface area contributed by atoms with E-state index in [0.29, 0.717) is 15.6 Å². The maximum absolute atomic E-state index is 9.56. The van der Waals surface area contributed by atoms with E-state index >= 15 is 0 Å². The summed E-state index contributed by atoms with van der Waals surface area (Å²) >= 11 is 12.0. The number of nitrogens with zero attached hydrogens (tertiary/aromatic N) is 2. The van der Waals surface area contributed by atoms with Crippen LogP contribution in [0.4, 0.5) is 0 Å². The Labute approximate surface area is 157 Å². The SMILES string of the molecule is Cc1cc(/C=C(/C#N)c2cccc(Cl)c2)c(C)n1-c1ccc(Cl)cc1. The smallest absolute Gasteiger partial charge is 0.0998 e. The van der Waals surface area contributed by atoms with Crippen molar-refractivity contribution >= 4 is 34.9 Å². The second-order valence-electron chi connectivity index (χ2n) is 5.82. The van der Waals surface area contributed by atoms with Crippen LogP contribution in [-0.2, 0) is 0 Å². The van der Waals surface area contributed by atoms with Gasteiger partial charge in [-0.15, -0.1) is 0 Å². The normalized spacial score (nSPS) is 11.4. The number of benzene rings is 2. The molecule has 2 aromatic carbocycles. The molecular formula is C21H16Cl2N2. The van der Waals surface area contributed by atoms with Gasteiger partial charge in [0.25, 0.3) is 0 Å². The van der Waals surface area contributed by atoms with E-state index in [-0.39, 0.29) is 0 Å². The standard InChI is InChI=1S/C21H16Cl2N2/c1-14-10-17(11-18(13-24)16-4-3-5-20(23)12-16)15(2)25(14)21-8-6-19(22)7-9-21/h3-12H,1-2H3/b18-11-. The number of hydrogen-bond acceptors (Lipinski definition) is 1. The quantitative estimate of drug-likeness (QED) is 0.488. The lowest BCUT2D eigenvalue weighted by Gasteiger charge is -2.09. The fraction of sp³-hybridized carbons (Fsp3) is 0.0952. The zero-order valence-electron chi connectivity index (χ0n) is 13.9. The molecule has 0 spiro atoms. The van der Waals surface area contributed by atoms with Crippen LogP contribution in [0.15, 0.2) is 54.6 Å². The minimum Gasteiger partial charge on any atom is -0.318 e. The molecule has 0 amide bonds. The summed E-state index contributed by atoms with van der Waals surface area (Å²) in [5.41, 5.74) is 5.60. The highest BCUT2D eigenvalue weighted by Gasteiger charge is 2.11. The van der Waals surface area contributed by atoms with Crippen LogP contribution in [0.25, 0.3) is 17.3 Å². The summed E-state index contributed by atoms with van der Waals surface area (Å²) in [5.74, 6) is 0. The van der Waals surface area contributed by atoms with Crippen LogP contribution in [0.5, 0.6) is 0 Å². The van der Waals surface area contributed by atoms with Crippen LogP contribution in [0.3, 0.4) is 0 Å². The molecule has 1 heterocycles. The predicted octanol–water partition coefficient (Wildman–Crippen LogP) is 6.47. The minimum absolute atomic E-state index is 0.582. The Morgan fingerprint density at radius 3 is 2.36 bits per heavy atom. The summed E-state index contributed by atoms with van der Waals surface area (Å²) < 4.78 is 2.15. The molecule has 3 aromatic rings. The van der Waals surface area contributed by atoms with Crippen LogP contribution < -0.4 is 0 Å². The Morgan fingerprint density at radius 2 is 1.72 bits per heavy atom. The van der Waals surface area contributed by atoms with E-state index in [9.17, 15) is 5.26 Å². The fourth-order valence-corrected chi connectivity index (χ4v) is 3.23. The molecular weight excluding hydrogens is 351 g/mol. The van der Waals surface area contributed by atoms with Crippen LogP contribution in [0, 0.1) is 25.2 Å². The molecule has 0 aliphatic carbocycles. The lowest BCUT2D eigenvalue weighted by atomic mass is 10.0. The molecule has 0 saturated heterocycles. The highest BCUT2D eigenvalue weighted by atomic mass is 35.5. The molecule has 0 aliphatic heterocycles. The lowest BCUT2D eigenvalue weighted by Crippen LogP contribution is -1.98. The van der Waals surface area contributed by atoms with E-state index in [4.69, 9.17) is 23.2 Å². The predicted molar refractivity (Wildman–Crippen MR) is 105 cm³/mol. The average Bonchev–Trinajstić information content (AvgIpc) is 2.87. The van der Waals surface area contributed by atoms with E-state index in [1.54, 1.807) is 12.1 Å². The van der Waals surface area contributed by atoms with Crippen molar-refractivity contribution in [2.24, 2.45) is 0 Å². The average molecular weight is 367 g/mol. The molecule has 4 heteroatoms. The molecule has 0 atom stereocenters. The van der Waals surface area contributed by atoms with Crippen molar-refractivity contribution in [2.75, 3.05) is 0 Å². The van der Waals surface area contributed by atoms with Gasteiger partial charge >= 0.3 is 0 Å². The first-order chi connectivity index (χ1) is 12.0. The third kappa shape index (κ3) is 3.64. The van der Waals surface area contributed by atoms with E-state index in [2.05, 4.69) is 16.7 Å².